The second-order valence-electron chi connectivity index (χ2n) is 6.90. The molecule has 1 fully saturated rings. The van der Waals surface area contributed by atoms with Gasteiger partial charge in [-0.15, -0.1) is 0 Å². The van der Waals surface area contributed by atoms with Gasteiger partial charge in [-0.05, 0) is 30.2 Å². The summed E-state index contributed by atoms with van der Waals surface area (Å²) in [5.41, 5.74) is 10.1. The second kappa shape index (κ2) is 6.45. The summed E-state index contributed by atoms with van der Waals surface area (Å²) in [6, 6.07) is 9.66. The predicted octanol–water partition coefficient (Wildman–Crippen LogP) is 3.53. The number of imidazole rings is 1. The first kappa shape index (κ1) is 16.9. The lowest BCUT2D eigenvalue weighted by Crippen LogP contribution is -2.24. The lowest BCUT2D eigenvalue weighted by molar-refractivity contribution is -0.128. The Morgan fingerprint density at radius 3 is 2.93 bits per heavy atom. The minimum Gasteiger partial charge on any atom is -0.382 e. The molecular formula is C20H17ClN6O. The number of halogens is 1. The van der Waals surface area contributed by atoms with Gasteiger partial charge in [0.15, 0.2) is 5.82 Å². The first-order chi connectivity index (χ1) is 13.6. The van der Waals surface area contributed by atoms with E-state index in [1.165, 1.54) is 0 Å². The second-order valence-corrected chi connectivity index (χ2v) is 7.25. The van der Waals surface area contributed by atoms with Gasteiger partial charge in [-0.3, -0.25) is 4.79 Å². The summed E-state index contributed by atoms with van der Waals surface area (Å²) >= 11 is 6.23. The minimum absolute atomic E-state index is 0.161. The maximum atomic E-state index is 11.9. The number of aromatic amines is 1. The van der Waals surface area contributed by atoms with Crippen molar-refractivity contribution < 1.29 is 4.79 Å². The van der Waals surface area contributed by atoms with E-state index in [-0.39, 0.29) is 5.91 Å². The molecule has 0 atom stereocenters. The summed E-state index contributed by atoms with van der Waals surface area (Å²) in [7, 11) is 0. The third-order valence-electron chi connectivity index (χ3n) is 5.09. The average Bonchev–Trinajstić information content (AvgIpc) is 3.29. The van der Waals surface area contributed by atoms with E-state index in [2.05, 4.69) is 19.9 Å². The van der Waals surface area contributed by atoms with Crippen LogP contribution < -0.4 is 5.73 Å². The number of nitrogens with zero attached hydrogens (tertiary/aromatic N) is 4. The molecule has 4 aromatic rings. The number of anilines is 1. The third kappa shape index (κ3) is 2.75. The number of carbonyl (C=O) groups is 1. The van der Waals surface area contributed by atoms with E-state index in [4.69, 9.17) is 17.3 Å². The molecule has 0 bridgehead atoms. The quantitative estimate of drug-likeness (QED) is 0.519. The molecule has 7 nitrogen and oxygen atoms in total. The normalized spacial score (nSPS) is 14.5. The van der Waals surface area contributed by atoms with Gasteiger partial charge >= 0.3 is 0 Å². The number of fused-ring (bicyclic) bond motifs is 3. The fraction of sp³-hybridized carbons (Fsp3) is 0.200. The van der Waals surface area contributed by atoms with E-state index in [1.807, 2.05) is 35.2 Å². The molecule has 140 valence electrons. The zero-order chi connectivity index (χ0) is 19.3. The van der Waals surface area contributed by atoms with Crippen molar-refractivity contribution in [2.75, 3.05) is 12.3 Å². The number of benzene rings is 1. The highest BCUT2D eigenvalue weighted by Gasteiger charge is 2.22. The third-order valence-corrected chi connectivity index (χ3v) is 5.39. The molecule has 1 aromatic carbocycles. The number of hydrogen-bond acceptors (Lipinski definition) is 5. The standard InChI is InChI=1S/C20H17ClN6O/c21-19-12(3-1-7-23-19)11-5-6-13-14(9-11)24-20(22)18-17(13)25-15(26-18)10-27-8-2-4-16(27)28/h1,3,5-7,9H,2,4,8,10H2,(H2,22,24)(H,25,26). The summed E-state index contributed by atoms with van der Waals surface area (Å²) in [6.07, 6.45) is 3.15. The Bertz CT molecular complexity index is 1230. The van der Waals surface area contributed by atoms with Gasteiger partial charge in [0.2, 0.25) is 5.91 Å². The maximum Gasteiger partial charge on any atom is 0.223 e. The van der Waals surface area contributed by atoms with Gasteiger partial charge in [-0.2, -0.15) is 0 Å². The van der Waals surface area contributed by atoms with Crippen LogP contribution in [0.5, 0.6) is 0 Å². The Morgan fingerprint density at radius 1 is 1.25 bits per heavy atom. The number of hydrogen-bond donors (Lipinski definition) is 2. The number of H-pyrrole nitrogens is 1. The highest BCUT2D eigenvalue weighted by Crippen LogP contribution is 2.32. The highest BCUT2D eigenvalue weighted by molar-refractivity contribution is 6.32. The molecule has 1 aliphatic rings. The van der Waals surface area contributed by atoms with Crippen LogP contribution in [-0.4, -0.2) is 37.3 Å². The molecule has 0 spiro atoms. The predicted molar refractivity (Wildman–Crippen MR) is 109 cm³/mol. The maximum absolute atomic E-state index is 11.9. The van der Waals surface area contributed by atoms with Gasteiger partial charge in [-0.1, -0.05) is 23.7 Å². The summed E-state index contributed by atoms with van der Waals surface area (Å²) in [6.45, 7) is 1.22. The van der Waals surface area contributed by atoms with Crippen LogP contribution in [0.1, 0.15) is 18.7 Å². The molecule has 3 aromatic heterocycles. The molecule has 28 heavy (non-hydrogen) atoms. The van der Waals surface area contributed by atoms with Crippen molar-refractivity contribution in [2.24, 2.45) is 0 Å². The van der Waals surface area contributed by atoms with E-state index in [0.29, 0.717) is 35.3 Å². The van der Waals surface area contributed by atoms with Crippen LogP contribution in [0, 0.1) is 0 Å². The minimum atomic E-state index is 0.161. The molecule has 8 heteroatoms. The summed E-state index contributed by atoms with van der Waals surface area (Å²) in [5, 5.41) is 1.36. The van der Waals surface area contributed by atoms with Crippen LogP contribution in [0.3, 0.4) is 0 Å². The monoisotopic (exact) mass is 392 g/mol. The van der Waals surface area contributed by atoms with Crippen molar-refractivity contribution in [2.45, 2.75) is 19.4 Å². The number of rotatable bonds is 3. The van der Waals surface area contributed by atoms with E-state index in [9.17, 15) is 4.79 Å². The highest BCUT2D eigenvalue weighted by atomic mass is 35.5. The molecule has 4 heterocycles. The number of nitrogens with two attached hydrogens (primary N) is 1. The number of pyridine rings is 2. The number of carbonyl (C=O) groups excluding carboxylic acids is 1. The van der Waals surface area contributed by atoms with E-state index >= 15 is 0 Å². The Kier molecular flexibility index (Phi) is 3.91. The summed E-state index contributed by atoms with van der Waals surface area (Å²) < 4.78 is 0. The van der Waals surface area contributed by atoms with Crippen LogP contribution >= 0.6 is 11.6 Å². The Morgan fingerprint density at radius 2 is 2.14 bits per heavy atom. The van der Waals surface area contributed by atoms with Gasteiger partial charge in [0.1, 0.15) is 16.5 Å². The number of nitrogens with one attached hydrogen (secondary N) is 1. The molecule has 1 amide bonds. The average molecular weight is 393 g/mol. The molecule has 1 aliphatic heterocycles. The van der Waals surface area contributed by atoms with Crippen molar-refractivity contribution in [3.63, 3.8) is 0 Å². The Hall–Kier alpha value is -3.19. The van der Waals surface area contributed by atoms with Gasteiger partial charge in [0.25, 0.3) is 0 Å². The van der Waals surface area contributed by atoms with Gasteiger partial charge in [-0.25, -0.2) is 15.0 Å². The van der Waals surface area contributed by atoms with Crippen LogP contribution in [0.25, 0.3) is 33.1 Å². The number of aromatic nitrogens is 4. The number of nitrogen functional groups attached to an aromatic ring is 1. The zero-order valence-electron chi connectivity index (χ0n) is 14.9. The van der Waals surface area contributed by atoms with E-state index in [1.54, 1.807) is 6.20 Å². The van der Waals surface area contributed by atoms with Crippen molar-refractivity contribution in [3.05, 3.63) is 47.5 Å². The SMILES string of the molecule is Nc1nc2cc(-c3cccnc3Cl)ccc2c2[nH]c(CN3CCCC3=O)nc12. The molecule has 3 N–H and O–H groups in total. The largest absolute Gasteiger partial charge is 0.382 e. The first-order valence-corrected chi connectivity index (χ1v) is 9.44. The van der Waals surface area contributed by atoms with Crippen molar-refractivity contribution >= 4 is 45.3 Å². The summed E-state index contributed by atoms with van der Waals surface area (Å²) in [5.74, 6) is 1.23. The molecule has 5 rings (SSSR count). The van der Waals surface area contributed by atoms with Crippen LogP contribution in [0.2, 0.25) is 5.15 Å². The lowest BCUT2D eigenvalue weighted by Gasteiger charge is -2.12. The molecule has 0 unspecified atom stereocenters. The van der Waals surface area contributed by atoms with Crippen molar-refractivity contribution in [1.82, 2.24) is 24.8 Å². The molecule has 0 saturated carbocycles. The van der Waals surface area contributed by atoms with E-state index in [0.717, 1.165) is 40.5 Å². The van der Waals surface area contributed by atoms with Crippen molar-refractivity contribution in [1.29, 1.82) is 0 Å². The lowest BCUT2D eigenvalue weighted by atomic mass is 10.0. The topological polar surface area (TPSA) is 101 Å². The number of likely N-dealkylation sites (tertiary alicyclic amines) is 1. The molecule has 0 radical (unpaired) electrons. The smallest absolute Gasteiger partial charge is 0.223 e. The Labute approximate surface area is 165 Å². The fourth-order valence-electron chi connectivity index (χ4n) is 3.72. The van der Waals surface area contributed by atoms with Crippen LogP contribution in [-0.2, 0) is 11.3 Å². The van der Waals surface area contributed by atoms with Gasteiger partial charge < -0.3 is 15.6 Å². The van der Waals surface area contributed by atoms with Crippen molar-refractivity contribution in [3.8, 4) is 11.1 Å². The van der Waals surface area contributed by atoms with Gasteiger partial charge in [0.05, 0.1) is 17.6 Å². The molecule has 1 saturated heterocycles. The molecular weight excluding hydrogens is 376 g/mol. The number of amides is 1. The Balaban J connectivity index is 1.61. The van der Waals surface area contributed by atoms with Gasteiger partial charge in [0, 0.05) is 30.1 Å². The first-order valence-electron chi connectivity index (χ1n) is 9.06. The fourth-order valence-corrected chi connectivity index (χ4v) is 3.95. The molecule has 0 aliphatic carbocycles. The van der Waals surface area contributed by atoms with E-state index < -0.39 is 0 Å². The van der Waals surface area contributed by atoms with Crippen LogP contribution in [0.15, 0.2) is 36.5 Å². The summed E-state index contributed by atoms with van der Waals surface area (Å²) in [4.78, 5) is 30.3. The van der Waals surface area contributed by atoms with Crippen LogP contribution in [0.4, 0.5) is 5.82 Å². The zero-order valence-corrected chi connectivity index (χ0v) is 15.7.